The van der Waals surface area contributed by atoms with Gasteiger partial charge in [-0.05, 0) is 12.1 Å². The van der Waals surface area contributed by atoms with E-state index in [1.807, 2.05) is 78.9 Å². The molecule has 4 nitrogen and oxygen atoms in total. The number of carbonyl (C=O) groups is 1. The predicted octanol–water partition coefficient (Wildman–Crippen LogP) is 5.63. The molecular formula is C25H19NO3. The number of carbonyl (C=O) groups excluding carboxylic acids is 1. The number of esters is 1. The lowest BCUT2D eigenvalue weighted by molar-refractivity contribution is 0.0601. The van der Waals surface area contributed by atoms with Gasteiger partial charge >= 0.3 is 5.97 Å². The highest BCUT2D eigenvalue weighted by molar-refractivity contribution is 5.94. The van der Waals surface area contributed by atoms with Crippen molar-refractivity contribution in [3.63, 3.8) is 0 Å². The first-order chi connectivity index (χ1) is 14.2. The Labute approximate surface area is 168 Å². The molecule has 29 heavy (non-hydrogen) atoms. The molecule has 0 N–H and O–H groups in total. The van der Waals surface area contributed by atoms with E-state index in [0.717, 1.165) is 11.1 Å². The number of rotatable bonds is 4. The minimum Gasteiger partial charge on any atom is -0.465 e. The smallest absolute Gasteiger partial charge is 0.340 e. The molecule has 0 bridgehead atoms. The van der Waals surface area contributed by atoms with Crippen LogP contribution in [0.2, 0.25) is 0 Å². The van der Waals surface area contributed by atoms with Crippen molar-refractivity contribution in [2.45, 2.75) is 0 Å². The van der Waals surface area contributed by atoms with E-state index in [-0.39, 0.29) is 0 Å². The van der Waals surface area contributed by atoms with Gasteiger partial charge in [0.05, 0.1) is 23.7 Å². The number of hydrogen-bond acceptors (Lipinski definition) is 4. The Hall–Kier alpha value is -3.92. The molecule has 0 aliphatic heterocycles. The van der Waals surface area contributed by atoms with Crippen molar-refractivity contribution in [3.05, 3.63) is 108 Å². The van der Waals surface area contributed by atoms with Crippen molar-refractivity contribution in [2.24, 2.45) is 4.99 Å². The summed E-state index contributed by atoms with van der Waals surface area (Å²) in [6.07, 6.45) is 0. The van der Waals surface area contributed by atoms with E-state index >= 15 is 0 Å². The number of nitrogens with zero attached hydrogens (tertiary/aromatic N) is 1. The third-order valence-corrected chi connectivity index (χ3v) is 4.45. The molecule has 0 spiro atoms. The number of methoxy groups -OCH3 is 1. The number of ether oxygens (including phenoxy) is 1. The van der Waals surface area contributed by atoms with Gasteiger partial charge < -0.3 is 9.15 Å². The van der Waals surface area contributed by atoms with Gasteiger partial charge in [-0.25, -0.2) is 9.79 Å². The van der Waals surface area contributed by atoms with Gasteiger partial charge in [0.2, 0.25) is 0 Å². The molecule has 0 saturated heterocycles. The van der Waals surface area contributed by atoms with Gasteiger partial charge in [0.15, 0.2) is 0 Å². The maximum absolute atomic E-state index is 12.1. The number of benzene rings is 3. The normalized spacial score (nSPS) is 10.4. The fraction of sp³-hybridized carbons (Fsp3) is 0.0400. The largest absolute Gasteiger partial charge is 0.465 e. The van der Waals surface area contributed by atoms with Crippen molar-refractivity contribution in [2.75, 3.05) is 7.11 Å². The Morgan fingerprint density at radius 2 is 1.28 bits per heavy atom. The number of hydrogen-bond donors (Lipinski definition) is 0. The van der Waals surface area contributed by atoms with Crippen LogP contribution in [0.15, 0.2) is 106 Å². The summed E-state index contributed by atoms with van der Waals surface area (Å²) in [7, 11) is 1.36. The lowest BCUT2D eigenvalue weighted by atomic mass is 10.1. The van der Waals surface area contributed by atoms with Gasteiger partial charge in [-0.3, -0.25) is 0 Å². The highest BCUT2D eigenvalue weighted by Crippen LogP contribution is 2.25. The summed E-state index contributed by atoms with van der Waals surface area (Å²) >= 11 is 0. The van der Waals surface area contributed by atoms with E-state index in [2.05, 4.69) is 0 Å². The Kier molecular flexibility index (Phi) is 5.34. The third kappa shape index (κ3) is 4.17. The molecule has 1 aromatic heterocycles. The molecule has 0 aliphatic carbocycles. The minimum absolute atomic E-state index is 0.415. The maximum Gasteiger partial charge on any atom is 0.340 e. The SMILES string of the molecule is COC(=O)c1ccccc1N=c1cc(-c2ccccc2)oc(-c2ccccc2)c1. The van der Waals surface area contributed by atoms with Crippen molar-refractivity contribution < 1.29 is 13.9 Å². The molecule has 0 atom stereocenters. The fourth-order valence-electron chi connectivity index (χ4n) is 3.03. The Balaban J connectivity index is 1.92. The van der Waals surface area contributed by atoms with Crippen LogP contribution >= 0.6 is 0 Å². The minimum atomic E-state index is -0.420. The zero-order valence-corrected chi connectivity index (χ0v) is 15.9. The first-order valence-corrected chi connectivity index (χ1v) is 9.23. The van der Waals surface area contributed by atoms with Crippen molar-refractivity contribution >= 4 is 11.7 Å². The summed E-state index contributed by atoms with van der Waals surface area (Å²) in [6, 6.07) is 30.6. The van der Waals surface area contributed by atoms with Gasteiger partial charge in [0, 0.05) is 23.3 Å². The quantitative estimate of drug-likeness (QED) is 0.430. The van der Waals surface area contributed by atoms with Crippen LogP contribution in [0.25, 0.3) is 22.6 Å². The van der Waals surface area contributed by atoms with Crippen LogP contribution in [0.5, 0.6) is 0 Å². The Morgan fingerprint density at radius 3 is 1.83 bits per heavy atom. The Bertz CT molecular complexity index is 1130. The monoisotopic (exact) mass is 381 g/mol. The van der Waals surface area contributed by atoms with E-state index in [0.29, 0.717) is 28.1 Å². The third-order valence-electron chi connectivity index (χ3n) is 4.45. The summed E-state index contributed by atoms with van der Waals surface area (Å²) in [4.78, 5) is 16.8. The van der Waals surface area contributed by atoms with E-state index in [1.54, 1.807) is 18.2 Å². The average Bonchev–Trinajstić information content (AvgIpc) is 2.80. The van der Waals surface area contributed by atoms with Crippen LogP contribution in [-0.2, 0) is 4.74 Å². The molecular weight excluding hydrogens is 362 g/mol. The summed E-state index contributed by atoms with van der Waals surface area (Å²) in [6.45, 7) is 0. The van der Waals surface area contributed by atoms with Crippen LogP contribution < -0.4 is 5.36 Å². The topological polar surface area (TPSA) is 51.8 Å². The fourth-order valence-corrected chi connectivity index (χ4v) is 3.03. The second kappa shape index (κ2) is 8.40. The zero-order chi connectivity index (χ0) is 20.1. The lowest BCUT2D eigenvalue weighted by Crippen LogP contribution is -2.05. The van der Waals surface area contributed by atoms with Crippen LogP contribution in [-0.4, -0.2) is 13.1 Å². The molecule has 4 rings (SSSR count). The highest BCUT2D eigenvalue weighted by atomic mass is 16.5. The van der Waals surface area contributed by atoms with E-state index in [9.17, 15) is 4.79 Å². The summed E-state index contributed by atoms with van der Waals surface area (Å²) < 4.78 is 11.1. The lowest BCUT2D eigenvalue weighted by Gasteiger charge is -2.07. The highest BCUT2D eigenvalue weighted by Gasteiger charge is 2.11. The Morgan fingerprint density at radius 1 is 0.759 bits per heavy atom. The second-order valence-electron chi connectivity index (χ2n) is 6.40. The standard InChI is InChI=1S/C25H19NO3/c1-28-25(27)21-14-8-9-15-22(21)26-20-16-23(18-10-4-2-5-11-18)29-24(17-20)19-12-6-3-7-13-19/h2-17H,1H3. The summed E-state index contributed by atoms with van der Waals surface area (Å²) in [5.41, 5.74) is 2.85. The van der Waals surface area contributed by atoms with Crippen LogP contribution in [0, 0.1) is 0 Å². The number of para-hydroxylation sites is 1. The summed E-state index contributed by atoms with van der Waals surface area (Å²) in [5, 5.41) is 0.685. The zero-order valence-electron chi connectivity index (χ0n) is 15.9. The predicted molar refractivity (Wildman–Crippen MR) is 113 cm³/mol. The van der Waals surface area contributed by atoms with Crippen molar-refractivity contribution in [3.8, 4) is 22.6 Å². The van der Waals surface area contributed by atoms with Gasteiger partial charge in [0.25, 0.3) is 0 Å². The van der Waals surface area contributed by atoms with Gasteiger partial charge in [-0.1, -0.05) is 72.8 Å². The summed E-state index contributed by atoms with van der Waals surface area (Å²) in [5.74, 6) is 0.971. The molecule has 142 valence electrons. The second-order valence-corrected chi connectivity index (χ2v) is 6.40. The van der Waals surface area contributed by atoms with E-state index in [4.69, 9.17) is 14.1 Å². The molecule has 4 heteroatoms. The first-order valence-electron chi connectivity index (χ1n) is 9.23. The van der Waals surface area contributed by atoms with E-state index < -0.39 is 5.97 Å². The van der Waals surface area contributed by atoms with Gasteiger partial charge in [0.1, 0.15) is 11.5 Å². The molecule has 1 heterocycles. The molecule has 0 aliphatic rings. The van der Waals surface area contributed by atoms with Crippen molar-refractivity contribution in [1.82, 2.24) is 0 Å². The molecule has 0 fully saturated rings. The van der Waals surface area contributed by atoms with Crippen molar-refractivity contribution in [1.29, 1.82) is 0 Å². The van der Waals surface area contributed by atoms with Crippen LogP contribution in [0.3, 0.4) is 0 Å². The molecule has 0 unspecified atom stereocenters. The average molecular weight is 381 g/mol. The van der Waals surface area contributed by atoms with Crippen LogP contribution in [0.4, 0.5) is 5.69 Å². The van der Waals surface area contributed by atoms with Gasteiger partial charge in [-0.2, -0.15) is 0 Å². The van der Waals surface area contributed by atoms with E-state index in [1.165, 1.54) is 7.11 Å². The molecule has 3 aromatic carbocycles. The van der Waals surface area contributed by atoms with Gasteiger partial charge in [-0.15, -0.1) is 0 Å². The molecule has 4 aromatic rings. The van der Waals surface area contributed by atoms with Crippen LogP contribution in [0.1, 0.15) is 10.4 Å². The first kappa shape index (κ1) is 18.4. The molecule has 0 amide bonds. The molecule has 0 saturated carbocycles. The maximum atomic E-state index is 12.1. The molecule has 0 radical (unpaired) electrons.